The molecule has 226 valence electrons. The third-order valence-electron chi connectivity index (χ3n) is 6.38. The smallest absolute Gasteiger partial charge is 0.330 e. The number of amides is 3. The molecule has 0 fully saturated rings. The van der Waals surface area contributed by atoms with Crippen LogP contribution < -0.4 is 24.4 Å². The average Bonchev–Trinajstić information content (AvgIpc) is 3.50. The van der Waals surface area contributed by atoms with E-state index in [1.54, 1.807) is 44.7 Å². The highest BCUT2D eigenvalue weighted by Crippen LogP contribution is 2.22. The lowest BCUT2D eigenvalue weighted by Gasteiger charge is -2.25. The number of carbonyl (C=O) groups excluding carboxylic acids is 2. The summed E-state index contributed by atoms with van der Waals surface area (Å²) in [5, 5.41) is 10.7. The molecule has 3 aromatic carbocycles. The molecule has 0 saturated carbocycles. The number of thioether (sulfide) groups is 1. The fourth-order valence-corrected chi connectivity index (χ4v) is 5.43. The number of carbonyl (C=O) groups is 2. The van der Waals surface area contributed by atoms with Gasteiger partial charge in [-0.1, -0.05) is 72.4 Å². The van der Waals surface area contributed by atoms with Crippen LogP contribution in [0.15, 0.2) is 94.6 Å². The monoisotopic (exact) mass is 624 g/mol. The van der Waals surface area contributed by atoms with E-state index >= 15 is 0 Å². The summed E-state index contributed by atoms with van der Waals surface area (Å²) >= 11 is 1.22. The minimum atomic E-state index is -4.46. The van der Waals surface area contributed by atoms with Crippen LogP contribution in [0.1, 0.15) is 23.1 Å². The minimum absolute atomic E-state index is 0.0391. The Morgan fingerprint density at radius 3 is 2.09 bits per heavy atom. The molecule has 0 aliphatic heterocycles. The predicted octanol–water partition coefficient (Wildman–Crippen LogP) is 3.49. The van der Waals surface area contributed by atoms with Gasteiger partial charge in [-0.25, -0.2) is 9.52 Å². The van der Waals surface area contributed by atoms with Gasteiger partial charge < -0.3 is 19.4 Å². The van der Waals surface area contributed by atoms with Gasteiger partial charge in [0, 0.05) is 19.2 Å². The highest BCUT2D eigenvalue weighted by Gasteiger charge is 2.29. The molecule has 0 radical (unpaired) electrons. The molecule has 1 aromatic heterocycles. The van der Waals surface area contributed by atoms with E-state index in [9.17, 15) is 18.0 Å². The summed E-state index contributed by atoms with van der Waals surface area (Å²) in [6, 6.07) is 21.9. The second kappa shape index (κ2) is 14.7. The Kier molecular flexibility index (Phi) is 10.8. The van der Waals surface area contributed by atoms with Gasteiger partial charge in [0.1, 0.15) is 17.8 Å². The summed E-state index contributed by atoms with van der Waals surface area (Å²) in [4.78, 5) is 28.0. The molecule has 0 saturated heterocycles. The molecule has 0 aliphatic carbocycles. The van der Waals surface area contributed by atoms with Crippen molar-refractivity contribution in [1.82, 2.24) is 25.0 Å². The van der Waals surface area contributed by atoms with Crippen molar-refractivity contribution in [3.8, 4) is 5.75 Å². The van der Waals surface area contributed by atoms with Crippen LogP contribution in [0.5, 0.6) is 5.75 Å². The number of methoxy groups -OCH3 is 1. The minimum Gasteiger partial charge on any atom is -0.497 e. The lowest BCUT2D eigenvalue weighted by Crippen LogP contribution is -2.54. The van der Waals surface area contributed by atoms with E-state index in [-0.39, 0.29) is 24.0 Å². The number of likely N-dealkylation sites (N-methyl/N-ethyl adjacent to an activating group) is 1. The van der Waals surface area contributed by atoms with Crippen molar-refractivity contribution in [1.29, 1.82) is 0 Å². The first kappa shape index (κ1) is 31.5. The molecule has 3 amide bonds. The Morgan fingerprint density at radius 2 is 1.53 bits per heavy atom. The highest BCUT2D eigenvalue weighted by atomic mass is 32.2. The van der Waals surface area contributed by atoms with Crippen LogP contribution in [0.3, 0.4) is 0 Å². The average molecular weight is 625 g/mol. The van der Waals surface area contributed by atoms with Crippen molar-refractivity contribution in [2.24, 2.45) is 0 Å². The number of aromatic nitrogens is 2. The molecule has 1 heterocycles. The van der Waals surface area contributed by atoms with E-state index in [1.165, 1.54) is 16.7 Å². The van der Waals surface area contributed by atoms with Crippen molar-refractivity contribution in [2.75, 3.05) is 25.3 Å². The molecule has 14 heteroatoms. The summed E-state index contributed by atoms with van der Waals surface area (Å²) in [6.45, 7) is 0. The second-order valence-corrected chi connectivity index (χ2v) is 11.6. The van der Waals surface area contributed by atoms with Gasteiger partial charge in [-0.2, -0.15) is 13.1 Å². The van der Waals surface area contributed by atoms with Crippen molar-refractivity contribution >= 4 is 39.6 Å². The zero-order chi connectivity index (χ0) is 30.8. The van der Waals surface area contributed by atoms with Crippen molar-refractivity contribution in [3.05, 3.63) is 102 Å². The molecule has 2 atom stereocenters. The third-order valence-corrected chi connectivity index (χ3v) is 7.94. The normalized spacial score (nSPS) is 12.6. The SMILES string of the molecule is COc1ccc(N(C)C(=O)[C@H](Cc2ccccc2)NC(=O)NS(=O)(=O)N[C@@H](Cc2ccccc2)c2nnc(SC)o2)cc1. The van der Waals surface area contributed by atoms with E-state index in [1.807, 2.05) is 65.4 Å². The van der Waals surface area contributed by atoms with Crippen LogP contribution in [0.25, 0.3) is 0 Å². The maximum atomic E-state index is 13.6. The van der Waals surface area contributed by atoms with Gasteiger partial charge in [0.2, 0.25) is 11.8 Å². The molecule has 0 spiro atoms. The van der Waals surface area contributed by atoms with E-state index in [0.717, 1.165) is 11.1 Å². The molecular formula is C29H32N6O6S2. The zero-order valence-corrected chi connectivity index (χ0v) is 25.4. The second-order valence-electron chi connectivity index (χ2n) is 9.39. The Labute approximate surface area is 254 Å². The number of rotatable bonds is 13. The van der Waals surface area contributed by atoms with Gasteiger partial charge in [0.25, 0.3) is 5.22 Å². The fraction of sp³-hybridized carbons (Fsp3) is 0.241. The zero-order valence-electron chi connectivity index (χ0n) is 23.8. The molecule has 12 nitrogen and oxygen atoms in total. The van der Waals surface area contributed by atoms with Gasteiger partial charge >= 0.3 is 16.2 Å². The molecule has 0 bridgehead atoms. The Morgan fingerprint density at radius 1 is 0.930 bits per heavy atom. The number of hydrogen-bond acceptors (Lipinski definition) is 9. The van der Waals surface area contributed by atoms with E-state index < -0.39 is 34.2 Å². The maximum Gasteiger partial charge on any atom is 0.330 e. The summed E-state index contributed by atoms with van der Waals surface area (Å²) in [5.74, 6) is 0.209. The number of urea groups is 1. The number of nitrogens with zero attached hydrogens (tertiary/aromatic N) is 3. The van der Waals surface area contributed by atoms with Gasteiger partial charge in [-0.05, 0) is 48.1 Å². The van der Waals surface area contributed by atoms with E-state index in [0.29, 0.717) is 11.4 Å². The number of hydrogen-bond donors (Lipinski definition) is 3. The number of benzene rings is 3. The standard InChI is InChI=1S/C29H32N6O6S2/c1-35(22-14-16-23(40-2)17-15-22)27(36)25(19-21-12-8-5-9-13-21)30-28(37)34-43(38,39)33-24(18-20-10-6-4-7-11-20)26-31-32-29(41-26)42-3/h4-17,24-25,33H,18-19H2,1-3H3,(H2,30,34,37)/t24-,25-/m0/s1. The van der Waals surface area contributed by atoms with Crippen LogP contribution in [0, 0.1) is 0 Å². The Balaban J connectivity index is 1.50. The molecule has 0 aliphatic rings. The van der Waals surface area contributed by atoms with Crippen LogP contribution >= 0.6 is 11.8 Å². The summed E-state index contributed by atoms with van der Waals surface area (Å²) in [5.41, 5.74) is 2.14. The van der Waals surface area contributed by atoms with E-state index in [4.69, 9.17) is 9.15 Å². The number of anilines is 1. The highest BCUT2D eigenvalue weighted by molar-refractivity contribution is 7.98. The lowest BCUT2D eigenvalue weighted by molar-refractivity contribution is -0.120. The molecular weight excluding hydrogens is 592 g/mol. The quantitative estimate of drug-likeness (QED) is 0.190. The van der Waals surface area contributed by atoms with Gasteiger partial charge in [-0.3, -0.25) is 4.79 Å². The van der Waals surface area contributed by atoms with Gasteiger partial charge in [0.15, 0.2) is 0 Å². The fourth-order valence-electron chi connectivity index (χ4n) is 4.22. The molecule has 43 heavy (non-hydrogen) atoms. The topological polar surface area (TPSA) is 156 Å². The summed E-state index contributed by atoms with van der Waals surface area (Å²) in [6.07, 6.45) is 2.05. The molecule has 0 unspecified atom stereocenters. The first-order valence-electron chi connectivity index (χ1n) is 13.1. The van der Waals surface area contributed by atoms with Crippen LogP contribution in [-0.4, -0.2) is 57.0 Å². The Hall–Kier alpha value is -4.40. The van der Waals surface area contributed by atoms with Crippen LogP contribution in [-0.2, 0) is 27.8 Å². The lowest BCUT2D eigenvalue weighted by atomic mass is 10.0. The van der Waals surface area contributed by atoms with Crippen molar-refractivity contribution in [2.45, 2.75) is 30.1 Å². The largest absolute Gasteiger partial charge is 0.497 e. The Bertz CT molecular complexity index is 1600. The van der Waals surface area contributed by atoms with E-state index in [2.05, 4.69) is 20.2 Å². The third kappa shape index (κ3) is 9.04. The van der Waals surface area contributed by atoms with Gasteiger partial charge in [0.05, 0.1) is 7.11 Å². The number of nitrogens with one attached hydrogen (secondary N) is 3. The molecule has 4 rings (SSSR count). The predicted molar refractivity (Wildman–Crippen MR) is 163 cm³/mol. The van der Waals surface area contributed by atoms with Crippen LogP contribution in [0.4, 0.5) is 10.5 Å². The van der Waals surface area contributed by atoms with Gasteiger partial charge in [-0.15, -0.1) is 10.2 Å². The van der Waals surface area contributed by atoms with Crippen LogP contribution in [0.2, 0.25) is 0 Å². The first-order chi connectivity index (χ1) is 20.7. The molecule has 4 aromatic rings. The summed E-state index contributed by atoms with van der Waals surface area (Å²) < 4.78 is 41.4. The number of ether oxygens (including phenoxy) is 1. The first-order valence-corrected chi connectivity index (χ1v) is 15.9. The summed E-state index contributed by atoms with van der Waals surface area (Å²) in [7, 11) is -1.34. The van der Waals surface area contributed by atoms with Crippen molar-refractivity contribution < 1.29 is 27.2 Å². The van der Waals surface area contributed by atoms with Crippen molar-refractivity contribution in [3.63, 3.8) is 0 Å². The molecule has 3 N–H and O–H groups in total. The maximum absolute atomic E-state index is 13.6.